The summed E-state index contributed by atoms with van der Waals surface area (Å²) in [6, 6.07) is 5.32. The lowest BCUT2D eigenvalue weighted by Gasteiger charge is -2.24. The van der Waals surface area contributed by atoms with Crippen LogP contribution in [0.3, 0.4) is 0 Å². The van der Waals surface area contributed by atoms with E-state index < -0.39 is 0 Å². The molecule has 0 saturated carbocycles. The van der Waals surface area contributed by atoms with Crippen LogP contribution in [0, 0.1) is 5.92 Å². The maximum atomic E-state index is 12.0. The fourth-order valence-electron chi connectivity index (χ4n) is 1.54. The molecule has 4 nitrogen and oxygen atoms in total. The van der Waals surface area contributed by atoms with Crippen LogP contribution < -0.4 is 14.2 Å². The number of rotatable bonds is 5. The number of esters is 1. The Balaban J connectivity index is 3.10. The molecule has 1 aromatic carbocycles. The SMILES string of the molecule is CCC(C)C(=O)Oc1c(OC)cccc1OC(C)(C)C. The molecule has 0 aliphatic carbocycles. The third-order valence-electron chi connectivity index (χ3n) is 2.80. The van der Waals surface area contributed by atoms with Crippen molar-refractivity contribution in [1.29, 1.82) is 0 Å². The van der Waals surface area contributed by atoms with Gasteiger partial charge in [0, 0.05) is 0 Å². The first kappa shape index (κ1) is 16.3. The van der Waals surface area contributed by atoms with Gasteiger partial charge in [-0.05, 0) is 39.3 Å². The van der Waals surface area contributed by atoms with Gasteiger partial charge in [0.05, 0.1) is 13.0 Å². The number of ether oxygens (including phenoxy) is 3. The molecule has 1 rings (SSSR count). The number of carbonyl (C=O) groups is 1. The Bertz CT molecular complexity index is 460. The predicted molar refractivity (Wildman–Crippen MR) is 78.5 cm³/mol. The molecule has 1 unspecified atom stereocenters. The highest BCUT2D eigenvalue weighted by molar-refractivity contribution is 5.76. The Morgan fingerprint density at radius 1 is 1.25 bits per heavy atom. The fraction of sp³-hybridized carbons (Fsp3) is 0.562. The molecule has 0 fully saturated rings. The molecule has 1 aromatic rings. The van der Waals surface area contributed by atoms with Gasteiger partial charge in [-0.2, -0.15) is 0 Å². The number of benzene rings is 1. The highest BCUT2D eigenvalue weighted by Gasteiger charge is 2.22. The van der Waals surface area contributed by atoms with Crippen LogP contribution in [0.25, 0.3) is 0 Å². The lowest BCUT2D eigenvalue weighted by molar-refractivity contribution is -0.138. The van der Waals surface area contributed by atoms with Crippen molar-refractivity contribution in [3.63, 3.8) is 0 Å². The van der Waals surface area contributed by atoms with Crippen molar-refractivity contribution in [3.8, 4) is 17.2 Å². The third-order valence-corrected chi connectivity index (χ3v) is 2.80. The number of para-hydroxylation sites is 1. The molecule has 0 bridgehead atoms. The lowest BCUT2D eigenvalue weighted by atomic mass is 10.1. The summed E-state index contributed by atoms with van der Waals surface area (Å²) in [5.41, 5.74) is -0.385. The minimum Gasteiger partial charge on any atom is -0.493 e. The van der Waals surface area contributed by atoms with Gasteiger partial charge in [-0.15, -0.1) is 0 Å². The van der Waals surface area contributed by atoms with E-state index in [-0.39, 0.29) is 17.5 Å². The number of hydrogen-bond acceptors (Lipinski definition) is 4. The second-order valence-electron chi connectivity index (χ2n) is 5.73. The zero-order valence-electron chi connectivity index (χ0n) is 13.1. The van der Waals surface area contributed by atoms with Crippen molar-refractivity contribution >= 4 is 5.97 Å². The van der Waals surface area contributed by atoms with E-state index in [1.54, 1.807) is 18.2 Å². The van der Waals surface area contributed by atoms with E-state index in [1.807, 2.05) is 34.6 Å². The summed E-state index contributed by atoms with van der Waals surface area (Å²) in [6.45, 7) is 9.59. The van der Waals surface area contributed by atoms with Crippen molar-refractivity contribution in [2.24, 2.45) is 5.92 Å². The Hall–Kier alpha value is -1.71. The highest BCUT2D eigenvalue weighted by Crippen LogP contribution is 2.39. The summed E-state index contributed by atoms with van der Waals surface area (Å²) in [5, 5.41) is 0. The monoisotopic (exact) mass is 280 g/mol. The van der Waals surface area contributed by atoms with Crippen molar-refractivity contribution in [3.05, 3.63) is 18.2 Å². The molecule has 112 valence electrons. The number of hydrogen-bond donors (Lipinski definition) is 0. The van der Waals surface area contributed by atoms with Crippen molar-refractivity contribution in [2.75, 3.05) is 7.11 Å². The minimum absolute atomic E-state index is 0.164. The van der Waals surface area contributed by atoms with Crippen molar-refractivity contribution in [1.82, 2.24) is 0 Å². The zero-order chi connectivity index (χ0) is 15.3. The molecule has 1 atom stereocenters. The fourth-order valence-corrected chi connectivity index (χ4v) is 1.54. The summed E-state index contributed by atoms with van der Waals surface area (Å²) in [7, 11) is 1.54. The first-order valence-corrected chi connectivity index (χ1v) is 6.86. The molecule has 4 heteroatoms. The van der Waals surface area contributed by atoms with E-state index in [4.69, 9.17) is 14.2 Å². The first-order chi connectivity index (χ1) is 9.28. The van der Waals surface area contributed by atoms with Gasteiger partial charge in [0.25, 0.3) is 0 Å². The van der Waals surface area contributed by atoms with Gasteiger partial charge >= 0.3 is 5.97 Å². The second-order valence-corrected chi connectivity index (χ2v) is 5.73. The Morgan fingerprint density at radius 3 is 2.35 bits per heavy atom. The molecule has 0 aliphatic rings. The molecule has 0 heterocycles. The molecular weight excluding hydrogens is 256 g/mol. The first-order valence-electron chi connectivity index (χ1n) is 6.86. The summed E-state index contributed by atoms with van der Waals surface area (Å²) in [4.78, 5) is 12.0. The van der Waals surface area contributed by atoms with E-state index in [0.29, 0.717) is 17.2 Å². The Morgan fingerprint density at radius 2 is 1.85 bits per heavy atom. The average molecular weight is 280 g/mol. The van der Waals surface area contributed by atoms with Gasteiger partial charge in [-0.25, -0.2) is 0 Å². The zero-order valence-corrected chi connectivity index (χ0v) is 13.1. The largest absolute Gasteiger partial charge is 0.493 e. The summed E-state index contributed by atoms with van der Waals surface area (Å²) in [6.07, 6.45) is 0.726. The predicted octanol–water partition coefficient (Wildman–Crippen LogP) is 3.82. The molecular formula is C16H24O4. The number of methoxy groups -OCH3 is 1. The maximum Gasteiger partial charge on any atom is 0.314 e. The average Bonchev–Trinajstić information content (AvgIpc) is 2.37. The van der Waals surface area contributed by atoms with Crippen LogP contribution in [-0.2, 0) is 4.79 Å². The summed E-state index contributed by atoms with van der Waals surface area (Å²) in [5.74, 6) is 0.894. The van der Waals surface area contributed by atoms with Gasteiger partial charge in [0.1, 0.15) is 5.60 Å². The standard InChI is InChI=1S/C16H24O4/c1-7-11(2)15(17)19-14-12(18-6)9-8-10-13(14)20-16(3,4)5/h8-11H,7H2,1-6H3. The van der Waals surface area contributed by atoms with E-state index >= 15 is 0 Å². The smallest absolute Gasteiger partial charge is 0.314 e. The summed E-state index contributed by atoms with van der Waals surface area (Å²) >= 11 is 0. The molecule has 0 spiro atoms. The molecule has 20 heavy (non-hydrogen) atoms. The Kier molecular flexibility index (Phi) is 5.43. The molecule has 0 saturated heterocycles. The van der Waals surface area contributed by atoms with Gasteiger partial charge in [0.15, 0.2) is 11.5 Å². The highest BCUT2D eigenvalue weighted by atomic mass is 16.6. The van der Waals surface area contributed by atoms with E-state index in [9.17, 15) is 4.79 Å². The van der Waals surface area contributed by atoms with E-state index in [1.165, 1.54) is 7.11 Å². The normalized spacial score (nSPS) is 12.7. The van der Waals surface area contributed by atoms with Crippen LogP contribution in [0.1, 0.15) is 41.0 Å². The molecule has 0 amide bonds. The molecule has 0 N–H and O–H groups in total. The Labute approximate surface area is 121 Å². The van der Waals surface area contributed by atoms with Crippen molar-refractivity contribution < 1.29 is 19.0 Å². The minimum atomic E-state index is -0.385. The van der Waals surface area contributed by atoms with Crippen LogP contribution in [-0.4, -0.2) is 18.7 Å². The lowest BCUT2D eigenvalue weighted by Crippen LogP contribution is -2.24. The van der Waals surface area contributed by atoms with E-state index in [0.717, 1.165) is 6.42 Å². The van der Waals surface area contributed by atoms with Crippen LogP contribution in [0.4, 0.5) is 0 Å². The van der Waals surface area contributed by atoms with Gasteiger partial charge in [-0.1, -0.05) is 19.9 Å². The van der Waals surface area contributed by atoms with Crippen LogP contribution in [0.2, 0.25) is 0 Å². The van der Waals surface area contributed by atoms with Crippen LogP contribution >= 0.6 is 0 Å². The molecule has 0 aliphatic heterocycles. The van der Waals surface area contributed by atoms with Crippen LogP contribution in [0.5, 0.6) is 17.2 Å². The van der Waals surface area contributed by atoms with Gasteiger partial charge in [-0.3, -0.25) is 4.79 Å². The van der Waals surface area contributed by atoms with Crippen molar-refractivity contribution in [2.45, 2.75) is 46.6 Å². The van der Waals surface area contributed by atoms with Crippen LogP contribution in [0.15, 0.2) is 18.2 Å². The van der Waals surface area contributed by atoms with Gasteiger partial charge < -0.3 is 14.2 Å². The van der Waals surface area contributed by atoms with E-state index in [2.05, 4.69) is 0 Å². The third kappa shape index (κ3) is 4.44. The number of carbonyl (C=O) groups excluding carboxylic acids is 1. The molecule has 0 aromatic heterocycles. The molecule has 0 radical (unpaired) electrons. The quantitative estimate of drug-likeness (QED) is 0.607. The van der Waals surface area contributed by atoms with Gasteiger partial charge in [0.2, 0.25) is 5.75 Å². The summed E-state index contributed by atoms with van der Waals surface area (Å²) < 4.78 is 16.6. The second kappa shape index (κ2) is 6.64. The maximum absolute atomic E-state index is 12.0. The topological polar surface area (TPSA) is 44.8 Å².